The van der Waals surface area contributed by atoms with E-state index in [-0.39, 0.29) is 5.75 Å². The van der Waals surface area contributed by atoms with Gasteiger partial charge in [0.05, 0.1) is 11.6 Å². The second-order valence-electron chi connectivity index (χ2n) is 4.35. The van der Waals surface area contributed by atoms with Crippen LogP contribution >= 0.6 is 31.9 Å². The number of halogens is 2. The Bertz CT molecular complexity index is 585. The highest BCUT2D eigenvalue weighted by Gasteiger charge is 2.08. The molecule has 0 bridgehead atoms. The minimum absolute atomic E-state index is 0.284. The SMILES string of the molecule is COc1c(Br)cc(Br)cc1CNCc1ccc(O)cc1. The second kappa shape index (κ2) is 7.11. The monoisotopic (exact) mass is 399 g/mol. The maximum atomic E-state index is 9.24. The maximum Gasteiger partial charge on any atom is 0.137 e. The molecule has 3 nitrogen and oxygen atoms in total. The van der Waals surface area contributed by atoms with Crippen molar-refractivity contribution in [1.82, 2.24) is 5.32 Å². The Labute approximate surface area is 135 Å². The van der Waals surface area contributed by atoms with Gasteiger partial charge in [0.2, 0.25) is 0 Å². The fraction of sp³-hybridized carbons (Fsp3) is 0.200. The van der Waals surface area contributed by atoms with E-state index in [0.29, 0.717) is 6.54 Å². The molecule has 0 unspecified atom stereocenters. The molecule has 2 N–H and O–H groups in total. The summed E-state index contributed by atoms with van der Waals surface area (Å²) in [5.74, 6) is 1.12. The van der Waals surface area contributed by atoms with Gasteiger partial charge in [0, 0.05) is 23.1 Å². The van der Waals surface area contributed by atoms with Crippen molar-refractivity contribution >= 4 is 31.9 Å². The van der Waals surface area contributed by atoms with Crippen molar-refractivity contribution in [2.75, 3.05) is 7.11 Å². The molecule has 0 amide bonds. The molecule has 0 aliphatic carbocycles. The maximum absolute atomic E-state index is 9.24. The number of nitrogens with one attached hydrogen (secondary N) is 1. The van der Waals surface area contributed by atoms with Crippen molar-refractivity contribution in [2.24, 2.45) is 0 Å². The van der Waals surface area contributed by atoms with Gasteiger partial charge in [-0.2, -0.15) is 0 Å². The third-order valence-corrected chi connectivity index (χ3v) is 3.92. The van der Waals surface area contributed by atoms with Crippen LogP contribution in [-0.2, 0) is 13.1 Å². The minimum atomic E-state index is 0.284. The summed E-state index contributed by atoms with van der Waals surface area (Å²) in [6.07, 6.45) is 0. The quantitative estimate of drug-likeness (QED) is 0.789. The van der Waals surface area contributed by atoms with Gasteiger partial charge in [0.1, 0.15) is 11.5 Å². The summed E-state index contributed by atoms with van der Waals surface area (Å²) < 4.78 is 7.34. The first kappa shape index (κ1) is 15.4. The normalized spacial score (nSPS) is 10.6. The number of ether oxygens (including phenoxy) is 1. The lowest BCUT2D eigenvalue weighted by Gasteiger charge is -2.12. The molecule has 0 aliphatic heterocycles. The summed E-state index contributed by atoms with van der Waals surface area (Å²) in [6.45, 7) is 1.43. The molecule has 2 aromatic carbocycles. The molecule has 0 radical (unpaired) electrons. The molecule has 2 rings (SSSR count). The number of hydrogen-bond acceptors (Lipinski definition) is 3. The van der Waals surface area contributed by atoms with Crippen molar-refractivity contribution in [1.29, 1.82) is 0 Å². The van der Waals surface area contributed by atoms with E-state index in [1.165, 1.54) is 0 Å². The predicted molar refractivity (Wildman–Crippen MR) is 87.0 cm³/mol. The first-order chi connectivity index (χ1) is 9.60. The molecule has 0 aromatic heterocycles. The van der Waals surface area contributed by atoms with Gasteiger partial charge < -0.3 is 15.2 Å². The Morgan fingerprint density at radius 2 is 1.80 bits per heavy atom. The number of hydrogen-bond donors (Lipinski definition) is 2. The average Bonchev–Trinajstić information content (AvgIpc) is 2.40. The van der Waals surface area contributed by atoms with Crippen molar-refractivity contribution < 1.29 is 9.84 Å². The lowest BCUT2D eigenvalue weighted by atomic mass is 10.2. The summed E-state index contributed by atoms with van der Waals surface area (Å²) in [4.78, 5) is 0. The molecule has 5 heteroatoms. The van der Waals surface area contributed by atoms with Crippen molar-refractivity contribution in [3.05, 3.63) is 56.5 Å². The lowest BCUT2D eigenvalue weighted by Crippen LogP contribution is -2.13. The summed E-state index contributed by atoms with van der Waals surface area (Å²) in [6, 6.07) is 11.2. The van der Waals surface area contributed by atoms with Crippen LogP contribution in [0.5, 0.6) is 11.5 Å². The number of phenols is 1. The summed E-state index contributed by atoms with van der Waals surface area (Å²) in [7, 11) is 1.66. The minimum Gasteiger partial charge on any atom is -0.508 e. The van der Waals surface area contributed by atoms with Crippen molar-refractivity contribution in [3.8, 4) is 11.5 Å². The van der Waals surface area contributed by atoms with Gasteiger partial charge in [0.15, 0.2) is 0 Å². The van der Waals surface area contributed by atoms with E-state index in [1.54, 1.807) is 19.2 Å². The van der Waals surface area contributed by atoms with Crippen LogP contribution in [0.25, 0.3) is 0 Å². The molecule has 20 heavy (non-hydrogen) atoms. The van der Waals surface area contributed by atoms with E-state index in [4.69, 9.17) is 4.74 Å². The van der Waals surface area contributed by atoms with Gasteiger partial charge in [-0.05, 0) is 45.8 Å². The van der Waals surface area contributed by atoms with Crippen molar-refractivity contribution in [2.45, 2.75) is 13.1 Å². The lowest BCUT2D eigenvalue weighted by molar-refractivity contribution is 0.405. The average molecular weight is 401 g/mol. The number of aromatic hydroxyl groups is 1. The smallest absolute Gasteiger partial charge is 0.137 e. The van der Waals surface area contributed by atoms with E-state index in [0.717, 1.165) is 32.4 Å². The highest BCUT2D eigenvalue weighted by atomic mass is 79.9. The van der Waals surface area contributed by atoms with Gasteiger partial charge in [0.25, 0.3) is 0 Å². The van der Waals surface area contributed by atoms with Crippen LogP contribution in [0, 0.1) is 0 Å². The molecule has 0 aliphatic rings. The Morgan fingerprint density at radius 3 is 2.45 bits per heavy atom. The van der Waals surface area contributed by atoms with Gasteiger partial charge in [-0.3, -0.25) is 0 Å². The van der Waals surface area contributed by atoms with Crippen LogP contribution in [-0.4, -0.2) is 12.2 Å². The third kappa shape index (κ3) is 3.98. The fourth-order valence-electron chi connectivity index (χ4n) is 1.93. The predicted octanol–water partition coefficient (Wildman–Crippen LogP) is 4.22. The molecular weight excluding hydrogens is 386 g/mol. The van der Waals surface area contributed by atoms with Crippen LogP contribution in [0.3, 0.4) is 0 Å². The topological polar surface area (TPSA) is 41.5 Å². The first-order valence-electron chi connectivity index (χ1n) is 6.10. The van der Waals surface area contributed by atoms with Crippen LogP contribution in [0.2, 0.25) is 0 Å². The molecule has 0 heterocycles. The molecule has 0 fully saturated rings. The van der Waals surface area contributed by atoms with Gasteiger partial charge >= 0.3 is 0 Å². The fourth-order valence-corrected chi connectivity index (χ4v) is 3.40. The molecule has 0 saturated carbocycles. The van der Waals surface area contributed by atoms with Gasteiger partial charge in [-0.15, -0.1) is 0 Å². The van der Waals surface area contributed by atoms with Gasteiger partial charge in [-0.1, -0.05) is 28.1 Å². The van der Waals surface area contributed by atoms with E-state index >= 15 is 0 Å². The standard InChI is InChI=1S/C15H15Br2NO2/c1-20-15-11(6-12(16)7-14(15)17)9-18-8-10-2-4-13(19)5-3-10/h2-7,18-19H,8-9H2,1H3. The number of benzene rings is 2. The zero-order chi connectivity index (χ0) is 14.5. The highest BCUT2D eigenvalue weighted by molar-refractivity contribution is 9.11. The summed E-state index contributed by atoms with van der Waals surface area (Å²) in [5.41, 5.74) is 2.20. The molecule has 0 saturated heterocycles. The van der Waals surface area contributed by atoms with E-state index in [1.807, 2.05) is 24.3 Å². The zero-order valence-corrected chi connectivity index (χ0v) is 14.2. The van der Waals surface area contributed by atoms with Crippen LogP contribution in [0.1, 0.15) is 11.1 Å². The molecule has 0 atom stereocenters. The van der Waals surface area contributed by atoms with Crippen LogP contribution in [0.15, 0.2) is 45.3 Å². The number of phenolic OH excluding ortho intramolecular Hbond substituents is 1. The van der Waals surface area contributed by atoms with Crippen LogP contribution in [0.4, 0.5) is 0 Å². The Hall–Kier alpha value is -1.04. The number of methoxy groups -OCH3 is 1. The highest BCUT2D eigenvalue weighted by Crippen LogP contribution is 2.32. The first-order valence-corrected chi connectivity index (χ1v) is 7.69. The second-order valence-corrected chi connectivity index (χ2v) is 6.12. The number of rotatable bonds is 5. The third-order valence-electron chi connectivity index (χ3n) is 2.87. The Balaban J connectivity index is 2.02. The zero-order valence-electron chi connectivity index (χ0n) is 11.0. The van der Waals surface area contributed by atoms with E-state index in [9.17, 15) is 5.11 Å². The summed E-state index contributed by atoms with van der Waals surface area (Å²) >= 11 is 6.97. The molecule has 0 spiro atoms. The van der Waals surface area contributed by atoms with Crippen molar-refractivity contribution in [3.63, 3.8) is 0 Å². The molecule has 2 aromatic rings. The Morgan fingerprint density at radius 1 is 1.10 bits per heavy atom. The molecule has 106 valence electrons. The van der Waals surface area contributed by atoms with Gasteiger partial charge in [-0.25, -0.2) is 0 Å². The summed E-state index contributed by atoms with van der Waals surface area (Å²) in [5, 5.41) is 12.6. The largest absolute Gasteiger partial charge is 0.508 e. The van der Waals surface area contributed by atoms with E-state index < -0.39 is 0 Å². The molecular formula is C15H15Br2NO2. The Kier molecular flexibility index (Phi) is 5.46. The van der Waals surface area contributed by atoms with E-state index in [2.05, 4.69) is 37.2 Å². The van der Waals surface area contributed by atoms with Crippen LogP contribution < -0.4 is 10.1 Å².